The van der Waals surface area contributed by atoms with Crippen LogP contribution >= 0.6 is 23.4 Å². The molecule has 4 aromatic rings. The van der Waals surface area contributed by atoms with Crippen molar-refractivity contribution in [2.75, 3.05) is 11.5 Å². The summed E-state index contributed by atoms with van der Waals surface area (Å²) in [5, 5.41) is 9.23. The molecule has 10 heteroatoms. The van der Waals surface area contributed by atoms with Gasteiger partial charge in [0.05, 0.1) is 49.6 Å². The lowest BCUT2D eigenvalue weighted by Crippen LogP contribution is -2.60. The van der Waals surface area contributed by atoms with Crippen LogP contribution in [-0.4, -0.2) is 44.6 Å². The van der Waals surface area contributed by atoms with E-state index in [1.165, 1.54) is 16.7 Å². The fraction of sp³-hybridized carbons (Fsp3) is 0.185. The van der Waals surface area contributed by atoms with Crippen LogP contribution < -0.4 is 10.2 Å². The number of carbonyl (C=O) groups is 2. The van der Waals surface area contributed by atoms with Crippen LogP contribution in [0.2, 0.25) is 5.02 Å². The molecule has 37 heavy (non-hydrogen) atoms. The summed E-state index contributed by atoms with van der Waals surface area (Å²) in [5.41, 5.74) is 4.16. The van der Waals surface area contributed by atoms with Crippen molar-refractivity contribution in [1.29, 1.82) is 0 Å². The van der Waals surface area contributed by atoms with E-state index in [0.29, 0.717) is 30.5 Å². The Hall–Kier alpha value is -3.66. The molecule has 0 aliphatic carbocycles. The van der Waals surface area contributed by atoms with Crippen molar-refractivity contribution >= 4 is 56.7 Å². The minimum Gasteiger partial charge on any atom is -0.373 e. The first-order chi connectivity index (χ1) is 18.1. The number of fused-ring (bicyclic) bond motifs is 3. The summed E-state index contributed by atoms with van der Waals surface area (Å²) in [4.78, 5) is 33.3. The number of hydrogen-bond donors (Lipinski definition) is 1. The molecule has 0 bridgehead atoms. The lowest BCUT2D eigenvalue weighted by molar-refractivity contribution is -0.118. The molecule has 0 spiro atoms. The number of hydrogen-bond acceptors (Lipinski definition) is 6. The zero-order valence-corrected chi connectivity index (χ0v) is 21.0. The van der Waals surface area contributed by atoms with Crippen molar-refractivity contribution in [3.05, 3.63) is 83.4 Å². The number of pyridine rings is 1. The van der Waals surface area contributed by atoms with Gasteiger partial charge in [-0.05, 0) is 17.7 Å². The second-order valence-electron chi connectivity index (χ2n) is 9.04. The summed E-state index contributed by atoms with van der Waals surface area (Å²) >= 11 is 8.17. The number of ether oxygens (including phenoxy) is 1. The summed E-state index contributed by atoms with van der Waals surface area (Å²) in [7, 11) is 0. The quantitative estimate of drug-likeness (QED) is 0.407. The van der Waals surface area contributed by atoms with Gasteiger partial charge in [0.2, 0.25) is 0 Å². The molecule has 2 aromatic heterocycles. The first-order valence-electron chi connectivity index (χ1n) is 11.9. The SMILES string of the molecule is O=C1NC2C=C(c3c(Cl)cccc3-c3cnn4c3COCC4)SC2C(=O)N1c1cncc2ccccc12. The highest BCUT2D eigenvalue weighted by molar-refractivity contribution is 8.09. The Morgan fingerprint density at radius 3 is 2.86 bits per heavy atom. The second kappa shape index (κ2) is 8.72. The fourth-order valence-corrected chi connectivity index (χ4v) is 6.87. The number of imide groups is 1. The first-order valence-corrected chi connectivity index (χ1v) is 13.1. The Morgan fingerprint density at radius 1 is 1.05 bits per heavy atom. The highest BCUT2D eigenvalue weighted by atomic mass is 35.5. The maximum atomic E-state index is 13.7. The molecule has 1 fully saturated rings. The van der Waals surface area contributed by atoms with E-state index in [9.17, 15) is 9.59 Å². The summed E-state index contributed by atoms with van der Waals surface area (Å²) in [5.74, 6) is -0.284. The molecule has 3 aliphatic heterocycles. The van der Waals surface area contributed by atoms with Crippen molar-refractivity contribution in [2.45, 2.75) is 24.4 Å². The van der Waals surface area contributed by atoms with Gasteiger partial charge in [0.15, 0.2) is 0 Å². The van der Waals surface area contributed by atoms with Crippen LogP contribution in [0.25, 0.3) is 26.8 Å². The Kier molecular flexibility index (Phi) is 5.31. The second-order valence-corrected chi connectivity index (χ2v) is 10.6. The number of nitrogens with zero attached hydrogens (tertiary/aromatic N) is 4. The highest BCUT2D eigenvalue weighted by Gasteiger charge is 2.46. The zero-order chi connectivity index (χ0) is 25.1. The van der Waals surface area contributed by atoms with E-state index in [-0.39, 0.29) is 5.91 Å². The minimum atomic E-state index is -0.528. The number of aromatic nitrogens is 3. The van der Waals surface area contributed by atoms with E-state index < -0.39 is 17.3 Å². The number of amides is 3. The summed E-state index contributed by atoms with van der Waals surface area (Å²) in [6, 6.07) is 12.4. The van der Waals surface area contributed by atoms with Gasteiger partial charge >= 0.3 is 6.03 Å². The van der Waals surface area contributed by atoms with E-state index in [4.69, 9.17) is 16.3 Å². The molecule has 2 aromatic carbocycles. The fourth-order valence-electron chi connectivity index (χ4n) is 5.20. The van der Waals surface area contributed by atoms with Gasteiger partial charge in [0.25, 0.3) is 5.91 Å². The molecule has 7 rings (SSSR count). The Balaban J connectivity index is 1.26. The van der Waals surface area contributed by atoms with Crippen molar-refractivity contribution in [3.8, 4) is 11.1 Å². The van der Waals surface area contributed by atoms with E-state index >= 15 is 0 Å². The predicted molar refractivity (Wildman–Crippen MR) is 143 cm³/mol. The largest absolute Gasteiger partial charge is 0.373 e. The van der Waals surface area contributed by atoms with Gasteiger partial charge < -0.3 is 10.1 Å². The highest BCUT2D eigenvalue weighted by Crippen LogP contribution is 2.48. The van der Waals surface area contributed by atoms with E-state index in [2.05, 4.69) is 15.4 Å². The van der Waals surface area contributed by atoms with Crippen molar-refractivity contribution in [2.24, 2.45) is 0 Å². The molecule has 2 atom stereocenters. The number of benzene rings is 2. The molecule has 3 amide bonds. The van der Waals surface area contributed by atoms with Crippen LogP contribution in [-0.2, 0) is 22.7 Å². The molecule has 8 nitrogen and oxygen atoms in total. The number of rotatable bonds is 3. The van der Waals surface area contributed by atoms with Crippen molar-refractivity contribution in [1.82, 2.24) is 20.1 Å². The van der Waals surface area contributed by atoms with Crippen LogP contribution in [0.15, 0.2) is 67.1 Å². The Bertz CT molecular complexity index is 1630. The summed E-state index contributed by atoms with van der Waals surface area (Å²) < 4.78 is 7.64. The molecule has 5 heterocycles. The third-order valence-electron chi connectivity index (χ3n) is 6.94. The van der Waals surface area contributed by atoms with Crippen molar-refractivity contribution < 1.29 is 14.3 Å². The molecule has 1 saturated heterocycles. The summed E-state index contributed by atoms with van der Waals surface area (Å²) in [6.45, 7) is 1.80. The normalized spacial score (nSPS) is 21.0. The van der Waals surface area contributed by atoms with Crippen LogP contribution in [0, 0.1) is 0 Å². The number of urea groups is 1. The average Bonchev–Trinajstić information content (AvgIpc) is 3.53. The van der Waals surface area contributed by atoms with Crippen LogP contribution in [0.3, 0.4) is 0 Å². The number of thioether (sulfide) groups is 1. The Morgan fingerprint density at radius 2 is 1.95 bits per heavy atom. The van der Waals surface area contributed by atoms with E-state index in [0.717, 1.165) is 38.1 Å². The van der Waals surface area contributed by atoms with Gasteiger partial charge in [-0.1, -0.05) is 48.0 Å². The molecule has 0 radical (unpaired) electrons. The topological polar surface area (TPSA) is 89.3 Å². The molecular weight excluding hydrogens is 510 g/mol. The van der Waals surface area contributed by atoms with E-state index in [1.807, 2.05) is 59.4 Å². The maximum Gasteiger partial charge on any atom is 0.329 e. The van der Waals surface area contributed by atoms with Gasteiger partial charge in [-0.2, -0.15) is 5.10 Å². The van der Waals surface area contributed by atoms with E-state index in [1.54, 1.807) is 12.4 Å². The number of anilines is 1. The summed E-state index contributed by atoms with van der Waals surface area (Å²) in [6.07, 6.45) is 7.05. The molecule has 1 N–H and O–H groups in total. The standard InChI is InChI=1S/C27H20ClN5O3S/c28-19-7-3-6-17(18-12-30-32-8-9-36-14-22(18)32)24(19)23-10-20-25(37-23)26(34)33(27(35)31-20)21-13-29-11-15-4-1-2-5-16(15)21/h1-7,10-13,20,25H,8-9,14H2,(H,31,35). The minimum absolute atomic E-state index is 0.284. The third-order valence-corrected chi connectivity index (χ3v) is 8.60. The molecule has 3 aliphatic rings. The van der Waals surface area contributed by atoms with Gasteiger partial charge in [-0.15, -0.1) is 11.8 Å². The maximum absolute atomic E-state index is 13.7. The van der Waals surface area contributed by atoms with Gasteiger partial charge in [-0.3, -0.25) is 14.5 Å². The smallest absolute Gasteiger partial charge is 0.329 e. The van der Waals surface area contributed by atoms with Crippen LogP contribution in [0.5, 0.6) is 0 Å². The predicted octanol–water partition coefficient (Wildman–Crippen LogP) is 4.86. The van der Waals surface area contributed by atoms with Gasteiger partial charge in [-0.25, -0.2) is 9.69 Å². The van der Waals surface area contributed by atoms with Gasteiger partial charge in [0.1, 0.15) is 5.25 Å². The number of halogens is 1. The molecule has 0 saturated carbocycles. The molecule has 2 unspecified atom stereocenters. The average molecular weight is 530 g/mol. The zero-order valence-electron chi connectivity index (χ0n) is 19.4. The molecule has 184 valence electrons. The van der Waals surface area contributed by atoms with Gasteiger partial charge in [0, 0.05) is 38.0 Å². The van der Waals surface area contributed by atoms with Crippen molar-refractivity contribution in [3.63, 3.8) is 0 Å². The number of nitrogens with one attached hydrogen (secondary N) is 1. The van der Waals surface area contributed by atoms with Crippen LogP contribution in [0.1, 0.15) is 11.3 Å². The lowest BCUT2D eigenvalue weighted by atomic mass is 9.98. The first kappa shape index (κ1) is 22.5. The monoisotopic (exact) mass is 529 g/mol. The Labute approximate surface area is 221 Å². The third kappa shape index (κ3) is 3.57. The number of carbonyl (C=O) groups excluding carboxylic acids is 2. The molecular formula is C27H20ClN5O3S. The van der Waals surface area contributed by atoms with Crippen LogP contribution in [0.4, 0.5) is 10.5 Å². The lowest BCUT2D eigenvalue weighted by Gasteiger charge is -2.33.